The van der Waals surface area contributed by atoms with Crippen LogP contribution in [0.4, 0.5) is 0 Å². The number of hydrogen-bond acceptors (Lipinski definition) is 3. The summed E-state index contributed by atoms with van der Waals surface area (Å²) in [6.45, 7) is 10.4. The van der Waals surface area contributed by atoms with Crippen LogP contribution in [0.2, 0.25) is 0 Å². The predicted molar refractivity (Wildman–Crippen MR) is 56.8 cm³/mol. The molecule has 4 heteroatoms. The van der Waals surface area contributed by atoms with Crippen LogP contribution in [-0.4, -0.2) is 15.2 Å². The van der Waals surface area contributed by atoms with Crippen LogP contribution in [0.3, 0.4) is 0 Å². The molecule has 1 heterocycles. The molecule has 0 radical (unpaired) electrons. The number of H-pyrrole nitrogens is 1. The summed E-state index contributed by atoms with van der Waals surface area (Å²) in [4.78, 5) is 4.41. The van der Waals surface area contributed by atoms with Gasteiger partial charge < -0.3 is 5.73 Å². The molecule has 1 atom stereocenters. The van der Waals surface area contributed by atoms with E-state index in [4.69, 9.17) is 5.73 Å². The van der Waals surface area contributed by atoms with E-state index in [0.29, 0.717) is 5.92 Å². The van der Waals surface area contributed by atoms with Crippen molar-refractivity contribution in [1.29, 1.82) is 0 Å². The molecule has 0 saturated heterocycles. The highest BCUT2D eigenvalue weighted by molar-refractivity contribution is 5.04. The third-order valence-corrected chi connectivity index (χ3v) is 2.21. The first kappa shape index (κ1) is 11.2. The first-order chi connectivity index (χ1) is 6.32. The summed E-state index contributed by atoms with van der Waals surface area (Å²) < 4.78 is 0. The minimum absolute atomic E-state index is 0.0224. The Labute approximate surface area is 85.3 Å². The second-order valence-corrected chi connectivity index (χ2v) is 5.06. The first-order valence-electron chi connectivity index (χ1n) is 5.00. The number of nitrogens with one attached hydrogen (secondary N) is 1. The van der Waals surface area contributed by atoms with Gasteiger partial charge in [-0.15, -0.1) is 0 Å². The number of rotatable bonds is 2. The third-order valence-electron chi connectivity index (χ3n) is 2.21. The number of nitrogens with two attached hydrogens (primary N) is 1. The van der Waals surface area contributed by atoms with Gasteiger partial charge in [0.05, 0.1) is 6.04 Å². The van der Waals surface area contributed by atoms with Gasteiger partial charge in [0.2, 0.25) is 0 Å². The summed E-state index contributed by atoms with van der Waals surface area (Å²) in [5.41, 5.74) is 5.94. The van der Waals surface area contributed by atoms with Crippen LogP contribution in [0.15, 0.2) is 0 Å². The highest BCUT2D eigenvalue weighted by Crippen LogP contribution is 2.20. The molecule has 0 unspecified atom stereocenters. The van der Waals surface area contributed by atoms with Crippen LogP contribution in [0, 0.1) is 5.92 Å². The summed E-state index contributed by atoms with van der Waals surface area (Å²) in [6, 6.07) is -0.0569. The summed E-state index contributed by atoms with van der Waals surface area (Å²) in [7, 11) is 0. The largest absolute Gasteiger partial charge is 0.321 e. The normalized spacial score (nSPS) is 14.8. The van der Waals surface area contributed by atoms with E-state index >= 15 is 0 Å². The van der Waals surface area contributed by atoms with Crippen LogP contribution < -0.4 is 5.73 Å². The minimum Gasteiger partial charge on any atom is -0.321 e. The lowest BCUT2D eigenvalue weighted by Crippen LogP contribution is -2.19. The summed E-state index contributed by atoms with van der Waals surface area (Å²) in [5.74, 6) is 1.98. The fourth-order valence-electron chi connectivity index (χ4n) is 1.07. The van der Waals surface area contributed by atoms with Crippen molar-refractivity contribution >= 4 is 0 Å². The van der Waals surface area contributed by atoms with Crippen molar-refractivity contribution in [2.45, 2.75) is 46.1 Å². The molecule has 0 aliphatic carbocycles. The molecule has 1 aromatic rings. The van der Waals surface area contributed by atoms with E-state index in [-0.39, 0.29) is 11.5 Å². The van der Waals surface area contributed by atoms with E-state index in [1.54, 1.807) is 0 Å². The molecule has 3 N–H and O–H groups in total. The van der Waals surface area contributed by atoms with Crippen molar-refractivity contribution in [1.82, 2.24) is 15.2 Å². The fraction of sp³-hybridized carbons (Fsp3) is 0.800. The second-order valence-electron chi connectivity index (χ2n) is 5.06. The average Bonchev–Trinajstić information content (AvgIpc) is 2.49. The molecule has 0 aliphatic heterocycles. The van der Waals surface area contributed by atoms with Crippen LogP contribution in [0.5, 0.6) is 0 Å². The van der Waals surface area contributed by atoms with Crippen LogP contribution in [0.1, 0.15) is 52.3 Å². The van der Waals surface area contributed by atoms with Gasteiger partial charge in [-0.3, -0.25) is 5.10 Å². The minimum atomic E-state index is -0.0569. The van der Waals surface area contributed by atoms with E-state index < -0.39 is 0 Å². The van der Waals surface area contributed by atoms with Crippen LogP contribution in [-0.2, 0) is 5.41 Å². The molecule has 0 bridgehead atoms. The zero-order valence-electron chi connectivity index (χ0n) is 9.63. The summed E-state index contributed by atoms with van der Waals surface area (Å²) in [6.07, 6.45) is 0. The molecule has 14 heavy (non-hydrogen) atoms. The van der Waals surface area contributed by atoms with Gasteiger partial charge in [-0.2, -0.15) is 5.10 Å². The number of nitrogens with zero attached hydrogens (tertiary/aromatic N) is 2. The van der Waals surface area contributed by atoms with Crippen LogP contribution in [0.25, 0.3) is 0 Å². The monoisotopic (exact) mass is 196 g/mol. The Balaban J connectivity index is 2.89. The maximum Gasteiger partial charge on any atom is 0.156 e. The van der Waals surface area contributed by atoms with Gasteiger partial charge in [0.1, 0.15) is 5.82 Å². The molecule has 0 aromatic carbocycles. The average molecular weight is 196 g/mol. The van der Waals surface area contributed by atoms with Gasteiger partial charge in [0, 0.05) is 5.41 Å². The predicted octanol–water partition coefficient (Wildman–Crippen LogP) is 1.76. The zero-order chi connectivity index (χ0) is 10.9. The molecule has 4 nitrogen and oxygen atoms in total. The van der Waals surface area contributed by atoms with Gasteiger partial charge in [0.25, 0.3) is 0 Å². The molecular weight excluding hydrogens is 176 g/mol. The van der Waals surface area contributed by atoms with Crippen molar-refractivity contribution in [2.75, 3.05) is 0 Å². The van der Waals surface area contributed by atoms with E-state index in [1.807, 2.05) is 0 Å². The first-order valence-corrected chi connectivity index (χ1v) is 5.00. The Morgan fingerprint density at radius 2 is 1.86 bits per heavy atom. The quantitative estimate of drug-likeness (QED) is 0.757. The molecule has 1 rings (SSSR count). The van der Waals surface area contributed by atoms with Gasteiger partial charge in [-0.25, -0.2) is 4.98 Å². The van der Waals surface area contributed by atoms with Crippen molar-refractivity contribution in [3.05, 3.63) is 11.6 Å². The number of hydrogen-bond donors (Lipinski definition) is 2. The van der Waals surface area contributed by atoms with Crippen molar-refractivity contribution in [2.24, 2.45) is 11.7 Å². The Morgan fingerprint density at radius 1 is 1.29 bits per heavy atom. The van der Waals surface area contributed by atoms with Crippen LogP contribution >= 0.6 is 0 Å². The Bertz CT molecular complexity index is 295. The lowest BCUT2D eigenvalue weighted by atomic mass is 9.96. The highest BCUT2D eigenvalue weighted by Gasteiger charge is 2.22. The highest BCUT2D eigenvalue weighted by atomic mass is 15.2. The van der Waals surface area contributed by atoms with E-state index in [2.05, 4.69) is 49.8 Å². The van der Waals surface area contributed by atoms with Gasteiger partial charge in [-0.1, -0.05) is 34.6 Å². The molecule has 0 spiro atoms. The van der Waals surface area contributed by atoms with E-state index in [1.165, 1.54) is 0 Å². The lowest BCUT2D eigenvalue weighted by molar-refractivity contribution is 0.489. The molecule has 1 aromatic heterocycles. The number of aromatic nitrogens is 3. The summed E-state index contributed by atoms with van der Waals surface area (Å²) >= 11 is 0. The number of aromatic amines is 1. The Morgan fingerprint density at radius 3 is 2.21 bits per heavy atom. The van der Waals surface area contributed by atoms with Gasteiger partial charge in [0.15, 0.2) is 5.82 Å². The Kier molecular flexibility index (Phi) is 2.95. The van der Waals surface area contributed by atoms with E-state index in [0.717, 1.165) is 11.6 Å². The SMILES string of the molecule is CC(C)[C@@H](N)c1nc(C(C)(C)C)n[nH]1. The second kappa shape index (κ2) is 3.69. The zero-order valence-corrected chi connectivity index (χ0v) is 9.63. The van der Waals surface area contributed by atoms with Gasteiger partial charge in [-0.05, 0) is 5.92 Å². The molecule has 0 aliphatic rings. The summed E-state index contributed by atoms with van der Waals surface area (Å²) in [5, 5.41) is 7.08. The maximum absolute atomic E-state index is 5.96. The molecule has 0 saturated carbocycles. The standard InChI is InChI=1S/C10H20N4/c1-6(2)7(11)8-12-9(14-13-8)10(3,4)5/h6-7H,11H2,1-5H3,(H,12,13,14)/t7-/m1/s1. The van der Waals surface area contributed by atoms with Gasteiger partial charge >= 0.3 is 0 Å². The molecule has 0 fully saturated rings. The van der Waals surface area contributed by atoms with E-state index in [9.17, 15) is 0 Å². The van der Waals surface area contributed by atoms with Crippen molar-refractivity contribution < 1.29 is 0 Å². The smallest absolute Gasteiger partial charge is 0.156 e. The molecule has 80 valence electrons. The third kappa shape index (κ3) is 2.32. The lowest BCUT2D eigenvalue weighted by Gasteiger charge is -2.13. The topological polar surface area (TPSA) is 67.6 Å². The maximum atomic E-state index is 5.96. The Hall–Kier alpha value is -0.900. The fourth-order valence-corrected chi connectivity index (χ4v) is 1.07. The molecule has 0 amide bonds. The molecular formula is C10H20N4. The van der Waals surface area contributed by atoms with Crippen molar-refractivity contribution in [3.8, 4) is 0 Å². The van der Waals surface area contributed by atoms with Crippen molar-refractivity contribution in [3.63, 3.8) is 0 Å².